The number of nitrogens with zero attached hydrogens (tertiary/aromatic N) is 2. The van der Waals surface area contributed by atoms with E-state index in [9.17, 15) is 27.6 Å². The van der Waals surface area contributed by atoms with Gasteiger partial charge in [-0.15, -0.1) is 0 Å². The van der Waals surface area contributed by atoms with Gasteiger partial charge in [-0.2, -0.15) is 13.2 Å². The first kappa shape index (κ1) is 20.1. The first-order valence-corrected chi connectivity index (χ1v) is 9.26. The summed E-state index contributed by atoms with van der Waals surface area (Å²) in [4.78, 5) is 43.7. The molecule has 6 nitrogen and oxygen atoms in total. The minimum atomic E-state index is -4.91. The zero-order valence-corrected chi connectivity index (χ0v) is 15.7. The Morgan fingerprint density at radius 2 is 1.53 bits per heavy atom. The fraction of sp³-hybridized carbons (Fsp3) is 0.286. The Bertz CT molecular complexity index is 974. The third-order valence-corrected chi connectivity index (χ3v) is 5.46. The van der Waals surface area contributed by atoms with Crippen LogP contribution in [0.3, 0.4) is 0 Å². The van der Waals surface area contributed by atoms with Crippen LogP contribution >= 0.6 is 0 Å². The number of hydroxylamine groups is 2. The Balaban J connectivity index is 1.54. The molecule has 0 N–H and O–H groups in total. The fourth-order valence-corrected chi connectivity index (χ4v) is 3.80. The van der Waals surface area contributed by atoms with Crippen LogP contribution in [0, 0.1) is 5.41 Å². The summed E-state index contributed by atoms with van der Waals surface area (Å²) >= 11 is 0. The molecular formula is C21H17F3N2O4. The number of fused-ring (bicyclic) bond motifs is 1. The van der Waals surface area contributed by atoms with E-state index in [1.807, 2.05) is 0 Å². The molecule has 30 heavy (non-hydrogen) atoms. The van der Waals surface area contributed by atoms with Crippen molar-refractivity contribution in [2.24, 2.45) is 5.41 Å². The van der Waals surface area contributed by atoms with Crippen molar-refractivity contribution in [3.05, 3.63) is 71.3 Å². The average molecular weight is 418 g/mol. The van der Waals surface area contributed by atoms with Gasteiger partial charge in [0.2, 0.25) is 0 Å². The van der Waals surface area contributed by atoms with Gasteiger partial charge >= 0.3 is 12.1 Å². The van der Waals surface area contributed by atoms with E-state index in [0.717, 1.165) is 5.56 Å². The molecule has 0 saturated carbocycles. The van der Waals surface area contributed by atoms with Crippen LogP contribution in [0.1, 0.15) is 32.7 Å². The number of benzene rings is 2. The second-order valence-electron chi connectivity index (χ2n) is 7.36. The van der Waals surface area contributed by atoms with Crippen molar-refractivity contribution in [2.75, 3.05) is 13.1 Å². The van der Waals surface area contributed by atoms with Crippen LogP contribution in [0.4, 0.5) is 13.2 Å². The van der Waals surface area contributed by atoms with Gasteiger partial charge in [0.1, 0.15) is 0 Å². The van der Waals surface area contributed by atoms with E-state index in [1.54, 1.807) is 30.3 Å². The summed E-state index contributed by atoms with van der Waals surface area (Å²) in [7, 11) is 0. The Morgan fingerprint density at radius 1 is 0.967 bits per heavy atom. The standard InChI is InChI=1S/C21H17F3N2O4/c22-21(23,24)20(10-11-25(13-20)12-14-6-2-1-3-7-14)19(29)30-26-17(27)15-8-4-5-9-16(15)18(26)28/h1-9H,10-13H2. The minimum Gasteiger partial charge on any atom is -0.329 e. The summed E-state index contributed by atoms with van der Waals surface area (Å²) in [5.41, 5.74) is -2.05. The van der Waals surface area contributed by atoms with Crippen molar-refractivity contribution in [3.63, 3.8) is 0 Å². The van der Waals surface area contributed by atoms with Crippen LogP contribution in [0.5, 0.6) is 0 Å². The Labute approximate surface area is 169 Å². The highest BCUT2D eigenvalue weighted by atomic mass is 19.4. The Hall–Kier alpha value is -3.20. The van der Waals surface area contributed by atoms with Crippen LogP contribution in [0.25, 0.3) is 0 Å². The lowest BCUT2D eigenvalue weighted by atomic mass is 9.86. The third kappa shape index (κ3) is 3.24. The van der Waals surface area contributed by atoms with Gasteiger partial charge in [0.15, 0.2) is 5.41 Å². The van der Waals surface area contributed by atoms with E-state index in [1.165, 1.54) is 29.2 Å². The number of imide groups is 1. The monoisotopic (exact) mass is 418 g/mol. The summed E-state index contributed by atoms with van der Waals surface area (Å²) in [6.07, 6.45) is -5.43. The Kier molecular flexibility index (Phi) is 4.85. The highest BCUT2D eigenvalue weighted by molar-refractivity contribution is 6.20. The third-order valence-electron chi connectivity index (χ3n) is 5.46. The lowest BCUT2D eigenvalue weighted by molar-refractivity contribution is -0.242. The number of halogens is 3. The smallest absolute Gasteiger partial charge is 0.329 e. The zero-order chi connectivity index (χ0) is 21.5. The number of rotatable bonds is 4. The minimum absolute atomic E-state index is 0.0195. The number of carbonyl (C=O) groups is 3. The van der Waals surface area contributed by atoms with Gasteiger partial charge < -0.3 is 4.84 Å². The van der Waals surface area contributed by atoms with Gasteiger partial charge in [-0.05, 0) is 24.1 Å². The second kappa shape index (κ2) is 7.24. The molecule has 0 aliphatic carbocycles. The topological polar surface area (TPSA) is 66.9 Å². The summed E-state index contributed by atoms with van der Waals surface area (Å²) < 4.78 is 42.0. The van der Waals surface area contributed by atoms with Crippen LogP contribution in [0.15, 0.2) is 54.6 Å². The van der Waals surface area contributed by atoms with Crippen LogP contribution in [-0.2, 0) is 16.2 Å². The molecule has 2 aromatic carbocycles. The van der Waals surface area contributed by atoms with Crippen molar-refractivity contribution < 1.29 is 32.4 Å². The average Bonchev–Trinajstić information content (AvgIpc) is 3.25. The van der Waals surface area contributed by atoms with E-state index in [2.05, 4.69) is 0 Å². The van der Waals surface area contributed by atoms with E-state index in [0.29, 0.717) is 0 Å². The molecule has 0 aromatic heterocycles. The summed E-state index contributed by atoms with van der Waals surface area (Å²) in [5, 5.41) is 0.125. The van der Waals surface area contributed by atoms with Crippen LogP contribution in [-0.4, -0.2) is 47.0 Å². The molecule has 2 aliphatic heterocycles. The summed E-state index contributed by atoms with van der Waals surface area (Å²) in [6, 6.07) is 14.6. The maximum atomic E-state index is 14.0. The normalized spacial score (nSPS) is 21.8. The number of amides is 2. The molecule has 156 valence electrons. The van der Waals surface area contributed by atoms with Gasteiger partial charge in [0.25, 0.3) is 11.8 Å². The van der Waals surface area contributed by atoms with Gasteiger partial charge in [0, 0.05) is 19.6 Å². The van der Waals surface area contributed by atoms with Crippen molar-refractivity contribution in [2.45, 2.75) is 19.1 Å². The Morgan fingerprint density at radius 3 is 2.10 bits per heavy atom. The summed E-state index contributed by atoms with van der Waals surface area (Å²) in [5.74, 6) is -3.57. The molecule has 2 amide bonds. The number of carbonyl (C=O) groups excluding carboxylic acids is 3. The lowest BCUT2D eigenvalue weighted by Crippen LogP contribution is -2.50. The molecule has 4 rings (SSSR count). The largest absolute Gasteiger partial charge is 0.406 e. The van der Waals surface area contributed by atoms with Crippen molar-refractivity contribution in [1.82, 2.24) is 9.96 Å². The van der Waals surface area contributed by atoms with Gasteiger partial charge in [-0.25, -0.2) is 4.79 Å². The first-order valence-electron chi connectivity index (χ1n) is 9.26. The van der Waals surface area contributed by atoms with Crippen LogP contribution in [0.2, 0.25) is 0 Å². The van der Waals surface area contributed by atoms with Gasteiger partial charge in [-0.3, -0.25) is 14.5 Å². The van der Waals surface area contributed by atoms with Crippen LogP contribution < -0.4 is 0 Å². The molecule has 0 bridgehead atoms. The van der Waals surface area contributed by atoms with Crippen molar-refractivity contribution in [1.29, 1.82) is 0 Å². The molecule has 2 aliphatic rings. The number of hydrogen-bond donors (Lipinski definition) is 0. The molecule has 0 spiro atoms. The first-order chi connectivity index (χ1) is 14.2. The maximum absolute atomic E-state index is 14.0. The molecule has 9 heteroatoms. The molecule has 1 saturated heterocycles. The molecule has 0 radical (unpaired) electrons. The number of hydrogen-bond acceptors (Lipinski definition) is 5. The predicted octanol–water partition coefficient (Wildman–Crippen LogP) is 3.20. The molecule has 2 aromatic rings. The summed E-state index contributed by atoms with van der Waals surface area (Å²) in [6.45, 7) is -0.363. The van der Waals surface area contributed by atoms with Crippen molar-refractivity contribution in [3.8, 4) is 0 Å². The predicted molar refractivity (Wildman–Crippen MR) is 97.9 cm³/mol. The number of likely N-dealkylation sites (tertiary alicyclic amines) is 1. The SMILES string of the molecule is O=C1c2ccccc2C(=O)N1OC(=O)C1(C(F)(F)F)CCN(Cc2ccccc2)C1. The highest BCUT2D eigenvalue weighted by Crippen LogP contribution is 2.47. The fourth-order valence-electron chi connectivity index (χ4n) is 3.80. The zero-order valence-electron chi connectivity index (χ0n) is 15.7. The van der Waals surface area contributed by atoms with Gasteiger partial charge in [0.05, 0.1) is 11.1 Å². The van der Waals surface area contributed by atoms with E-state index in [4.69, 9.17) is 4.84 Å². The quantitative estimate of drug-likeness (QED) is 0.714. The molecule has 1 unspecified atom stereocenters. The van der Waals surface area contributed by atoms with E-state index >= 15 is 0 Å². The van der Waals surface area contributed by atoms with E-state index < -0.39 is 42.3 Å². The number of alkyl halides is 3. The lowest BCUT2D eigenvalue weighted by Gasteiger charge is -2.30. The molecule has 1 atom stereocenters. The second-order valence-corrected chi connectivity index (χ2v) is 7.36. The molecule has 2 heterocycles. The highest BCUT2D eigenvalue weighted by Gasteiger charge is 2.65. The van der Waals surface area contributed by atoms with Gasteiger partial charge in [-0.1, -0.05) is 47.5 Å². The maximum Gasteiger partial charge on any atom is 0.406 e. The molecular weight excluding hydrogens is 401 g/mol. The van der Waals surface area contributed by atoms with Crippen molar-refractivity contribution >= 4 is 17.8 Å². The molecule has 1 fully saturated rings. The van der Waals surface area contributed by atoms with E-state index in [-0.39, 0.29) is 29.3 Å².